The van der Waals surface area contributed by atoms with E-state index in [1.54, 1.807) is 0 Å². The first-order valence-electron chi connectivity index (χ1n) is 6.57. The number of ether oxygens (including phenoxy) is 1. The summed E-state index contributed by atoms with van der Waals surface area (Å²) in [6.07, 6.45) is 1.58. The van der Waals surface area contributed by atoms with Crippen LogP contribution in [0, 0.1) is 0 Å². The van der Waals surface area contributed by atoms with Crippen LogP contribution < -0.4 is 5.73 Å². The smallest absolute Gasteiger partial charge is 0.152 e. The third-order valence-electron chi connectivity index (χ3n) is 4.18. The van der Waals surface area contributed by atoms with Crippen molar-refractivity contribution in [2.45, 2.75) is 37.8 Å². The normalized spacial score (nSPS) is 36.4. The largest absolute Gasteiger partial charge is 0.378 e. The Kier molecular flexibility index (Phi) is 3.75. The van der Waals surface area contributed by atoms with Gasteiger partial charge in [0.25, 0.3) is 0 Å². The molecule has 0 aromatic carbocycles. The zero-order valence-electron chi connectivity index (χ0n) is 11.3. The predicted molar refractivity (Wildman–Crippen MR) is 71.3 cm³/mol. The summed E-state index contributed by atoms with van der Waals surface area (Å²) in [5, 5.41) is 0. The van der Waals surface area contributed by atoms with Crippen LogP contribution in [0.5, 0.6) is 0 Å². The summed E-state index contributed by atoms with van der Waals surface area (Å²) in [5.41, 5.74) is 5.42. The van der Waals surface area contributed by atoms with E-state index in [0.717, 1.165) is 13.0 Å². The maximum atomic E-state index is 12.0. The molecule has 6 heteroatoms. The van der Waals surface area contributed by atoms with Gasteiger partial charge in [-0.15, -0.1) is 0 Å². The topological polar surface area (TPSA) is 72.6 Å². The third-order valence-corrected chi connectivity index (χ3v) is 6.07. The molecule has 0 spiro atoms. The van der Waals surface area contributed by atoms with Crippen molar-refractivity contribution in [3.63, 3.8) is 0 Å². The van der Waals surface area contributed by atoms with E-state index >= 15 is 0 Å². The van der Waals surface area contributed by atoms with Crippen LogP contribution in [0.2, 0.25) is 0 Å². The summed E-state index contributed by atoms with van der Waals surface area (Å²) in [5.74, 6) is 0.499. The van der Waals surface area contributed by atoms with E-state index in [4.69, 9.17) is 10.5 Å². The number of nitrogens with two attached hydrogens (primary N) is 1. The minimum absolute atomic E-state index is 0.148. The molecule has 1 atom stereocenters. The summed E-state index contributed by atoms with van der Waals surface area (Å²) in [7, 11) is -2.96. The zero-order valence-corrected chi connectivity index (χ0v) is 12.1. The van der Waals surface area contributed by atoms with E-state index in [1.165, 1.54) is 0 Å². The van der Waals surface area contributed by atoms with E-state index in [1.807, 2.05) is 0 Å². The SMILES string of the molecule is CC1(C)COCCN1C1(CN)CCCS(=O)(=O)C1. The highest BCUT2D eigenvalue weighted by Crippen LogP contribution is 2.35. The highest BCUT2D eigenvalue weighted by Gasteiger charge is 2.48. The fraction of sp³-hybridized carbons (Fsp3) is 1.00. The van der Waals surface area contributed by atoms with Crippen LogP contribution in [-0.4, -0.2) is 62.2 Å². The molecule has 0 aliphatic carbocycles. The minimum atomic E-state index is -2.96. The van der Waals surface area contributed by atoms with Crippen LogP contribution in [0.15, 0.2) is 0 Å². The summed E-state index contributed by atoms with van der Waals surface area (Å²) in [6.45, 7) is 6.66. The highest BCUT2D eigenvalue weighted by atomic mass is 32.2. The van der Waals surface area contributed by atoms with Gasteiger partial charge in [0.1, 0.15) is 0 Å². The molecule has 2 aliphatic rings. The average molecular weight is 276 g/mol. The van der Waals surface area contributed by atoms with Crippen molar-refractivity contribution in [2.24, 2.45) is 5.73 Å². The maximum absolute atomic E-state index is 12.0. The Morgan fingerprint density at radius 3 is 2.67 bits per heavy atom. The lowest BCUT2D eigenvalue weighted by molar-refractivity contribution is -0.100. The van der Waals surface area contributed by atoms with Crippen LogP contribution in [0.1, 0.15) is 26.7 Å². The molecule has 0 radical (unpaired) electrons. The molecule has 2 saturated heterocycles. The minimum Gasteiger partial charge on any atom is -0.378 e. The van der Waals surface area contributed by atoms with Crippen molar-refractivity contribution in [3.8, 4) is 0 Å². The highest BCUT2D eigenvalue weighted by molar-refractivity contribution is 7.91. The fourth-order valence-corrected chi connectivity index (χ4v) is 5.36. The van der Waals surface area contributed by atoms with Gasteiger partial charge in [-0.3, -0.25) is 4.90 Å². The fourth-order valence-electron chi connectivity index (χ4n) is 3.40. The molecule has 2 heterocycles. The number of hydrogen-bond donors (Lipinski definition) is 1. The molecule has 2 rings (SSSR count). The Hall–Kier alpha value is -0.170. The van der Waals surface area contributed by atoms with Crippen LogP contribution in [0.3, 0.4) is 0 Å². The third kappa shape index (κ3) is 2.57. The second-order valence-electron chi connectivity index (χ2n) is 6.14. The number of nitrogens with zero attached hydrogens (tertiary/aromatic N) is 1. The van der Waals surface area contributed by atoms with Crippen LogP contribution in [0.25, 0.3) is 0 Å². The van der Waals surface area contributed by atoms with Crippen molar-refractivity contribution >= 4 is 9.84 Å². The van der Waals surface area contributed by atoms with Crippen LogP contribution >= 0.6 is 0 Å². The van der Waals surface area contributed by atoms with Gasteiger partial charge in [0.15, 0.2) is 9.84 Å². The Morgan fingerprint density at radius 1 is 1.39 bits per heavy atom. The molecule has 18 heavy (non-hydrogen) atoms. The Morgan fingerprint density at radius 2 is 2.11 bits per heavy atom. The van der Waals surface area contributed by atoms with E-state index < -0.39 is 15.4 Å². The van der Waals surface area contributed by atoms with Crippen molar-refractivity contribution in [1.29, 1.82) is 0 Å². The van der Waals surface area contributed by atoms with Gasteiger partial charge in [-0.25, -0.2) is 8.42 Å². The van der Waals surface area contributed by atoms with Gasteiger partial charge in [-0.1, -0.05) is 0 Å². The zero-order chi connectivity index (χ0) is 13.4. The quantitative estimate of drug-likeness (QED) is 0.769. The van der Waals surface area contributed by atoms with Crippen molar-refractivity contribution in [3.05, 3.63) is 0 Å². The molecular weight excluding hydrogens is 252 g/mol. The van der Waals surface area contributed by atoms with Crippen molar-refractivity contribution in [1.82, 2.24) is 4.90 Å². The second kappa shape index (κ2) is 4.74. The maximum Gasteiger partial charge on any atom is 0.152 e. The number of sulfone groups is 1. The molecule has 1 unspecified atom stereocenters. The van der Waals surface area contributed by atoms with Gasteiger partial charge in [-0.05, 0) is 26.7 Å². The predicted octanol–water partition coefficient (Wildman–Crippen LogP) is 0.00330. The lowest BCUT2D eigenvalue weighted by Crippen LogP contribution is -2.69. The van der Waals surface area contributed by atoms with E-state index in [0.29, 0.717) is 31.9 Å². The van der Waals surface area contributed by atoms with Crippen molar-refractivity contribution < 1.29 is 13.2 Å². The van der Waals surface area contributed by atoms with Gasteiger partial charge < -0.3 is 10.5 Å². The van der Waals surface area contributed by atoms with Crippen LogP contribution in [0.4, 0.5) is 0 Å². The molecule has 0 aromatic rings. The molecular formula is C12H24N2O3S. The lowest BCUT2D eigenvalue weighted by atomic mass is 9.87. The summed E-state index contributed by atoms with van der Waals surface area (Å²) < 4.78 is 29.4. The van der Waals surface area contributed by atoms with Crippen molar-refractivity contribution in [2.75, 3.05) is 37.8 Å². The van der Waals surface area contributed by atoms with Gasteiger partial charge in [0, 0.05) is 24.2 Å². The first-order chi connectivity index (χ1) is 8.31. The Bertz CT molecular complexity index is 408. The standard InChI is InChI=1S/C12H24N2O3S/c1-11(2)9-17-6-5-14(11)12(8-13)4-3-7-18(15,16)10-12/h3-10,13H2,1-2H3. The summed E-state index contributed by atoms with van der Waals surface area (Å²) in [4.78, 5) is 2.28. The van der Waals surface area contributed by atoms with Crippen LogP contribution in [-0.2, 0) is 14.6 Å². The Labute approximate surface area is 110 Å². The number of rotatable bonds is 2. The number of hydrogen-bond acceptors (Lipinski definition) is 5. The van der Waals surface area contributed by atoms with Gasteiger partial charge in [0.05, 0.1) is 24.7 Å². The van der Waals surface area contributed by atoms with E-state index in [9.17, 15) is 8.42 Å². The second-order valence-corrected chi connectivity index (χ2v) is 8.32. The Balaban J connectivity index is 2.31. The van der Waals surface area contributed by atoms with Gasteiger partial charge >= 0.3 is 0 Å². The first-order valence-corrected chi connectivity index (χ1v) is 8.40. The average Bonchev–Trinajstić information content (AvgIpc) is 2.26. The molecule has 2 aliphatic heterocycles. The van der Waals surface area contributed by atoms with Gasteiger partial charge in [0.2, 0.25) is 0 Å². The molecule has 2 N–H and O–H groups in total. The number of morpholine rings is 1. The van der Waals surface area contributed by atoms with E-state index in [2.05, 4.69) is 18.7 Å². The first kappa shape index (κ1) is 14.2. The molecule has 0 aromatic heterocycles. The monoisotopic (exact) mass is 276 g/mol. The molecule has 2 fully saturated rings. The molecule has 0 bridgehead atoms. The van der Waals surface area contributed by atoms with Gasteiger partial charge in [-0.2, -0.15) is 0 Å². The molecule has 5 nitrogen and oxygen atoms in total. The summed E-state index contributed by atoms with van der Waals surface area (Å²) in [6, 6.07) is 0. The summed E-state index contributed by atoms with van der Waals surface area (Å²) >= 11 is 0. The lowest BCUT2D eigenvalue weighted by Gasteiger charge is -2.54. The molecule has 0 amide bonds. The molecule has 106 valence electrons. The molecule has 0 saturated carbocycles. The van der Waals surface area contributed by atoms with E-state index in [-0.39, 0.29) is 11.3 Å².